The van der Waals surface area contributed by atoms with Gasteiger partial charge in [-0.2, -0.15) is 18.4 Å². The lowest BCUT2D eigenvalue weighted by Crippen LogP contribution is -2.46. The van der Waals surface area contributed by atoms with E-state index in [-0.39, 0.29) is 17.9 Å². The molecule has 7 nitrogen and oxygen atoms in total. The van der Waals surface area contributed by atoms with Crippen LogP contribution in [0.2, 0.25) is 0 Å². The monoisotopic (exact) mass is 379 g/mol. The number of amides is 2. The van der Waals surface area contributed by atoms with Gasteiger partial charge in [0.1, 0.15) is 11.7 Å². The van der Waals surface area contributed by atoms with Gasteiger partial charge in [-0.15, -0.1) is 0 Å². The van der Waals surface area contributed by atoms with Crippen molar-refractivity contribution < 1.29 is 32.3 Å². The summed E-state index contributed by atoms with van der Waals surface area (Å²) in [5.41, 5.74) is -5.24. The Labute approximate surface area is 150 Å². The summed E-state index contributed by atoms with van der Waals surface area (Å²) >= 11 is 0. The van der Waals surface area contributed by atoms with E-state index in [0.29, 0.717) is 11.0 Å². The van der Waals surface area contributed by atoms with Crippen LogP contribution in [0.15, 0.2) is 12.3 Å². The molecule has 2 amide bonds. The number of hydrogen-bond acceptors (Lipinski definition) is 6. The van der Waals surface area contributed by atoms with Crippen molar-refractivity contribution in [3.8, 4) is 6.07 Å². The molecule has 0 radical (unpaired) electrons. The first-order valence-electron chi connectivity index (χ1n) is 8.02. The van der Waals surface area contributed by atoms with Crippen molar-refractivity contribution in [2.24, 2.45) is 11.8 Å². The third-order valence-corrected chi connectivity index (χ3v) is 5.61. The van der Waals surface area contributed by atoms with Gasteiger partial charge in [-0.3, -0.25) is 14.4 Å². The molecular formula is C17H12F3N3O4. The summed E-state index contributed by atoms with van der Waals surface area (Å²) in [6.45, 7) is 2.98. The molecule has 4 rings (SSSR count). The van der Waals surface area contributed by atoms with Crippen LogP contribution in [0.25, 0.3) is 0 Å². The quantitative estimate of drug-likeness (QED) is 0.687. The molecule has 3 aliphatic heterocycles. The fraction of sp³-hybridized carbons (Fsp3) is 0.471. The van der Waals surface area contributed by atoms with Crippen LogP contribution in [0, 0.1) is 23.2 Å². The molecule has 3 fully saturated rings. The molecular weight excluding hydrogens is 367 g/mol. The number of imide groups is 1. The Bertz CT molecular complexity index is 969. The number of nitriles is 1. The number of ether oxygens (including phenoxy) is 1. The number of carbonyl (C=O) groups excluding carboxylic acids is 3. The highest BCUT2D eigenvalue weighted by Gasteiger charge is 2.76. The van der Waals surface area contributed by atoms with Crippen molar-refractivity contribution in [2.45, 2.75) is 37.6 Å². The number of nitrogens with zero attached hydrogens (tertiary/aromatic N) is 3. The average molecular weight is 379 g/mol. The van der Waals surface area contributed by atoms with Crippen molar-refractivity contribution in [3.63, 3.8) is 0 Å². The maximum Gasteiger partial charge on any atom is 0.419 e. The van der Waals surface area contributed by atoms with E-state index in [0.717, 1.165) is 6.20 Å². The zero-order valence-corrected chi connectivity index (χ0v) is 14.1. The first-order chi connectivity index (χ1) is 12.4. The Morgan fingerprint density at radius 3 is 2.48 bits per heavy atom. The summed E-state index contributed by atoms with van der Waals surface area (Å²) in [6.07, 6.45) is -4.05. The largest absolute Gasteiger partial charge is 0.419 e. The van der Waals surface area contributed by atoms with Crippen molar-refractivity contribution in [2.75, 3.05) is 4.90 Å². The lowest BCUT2D eigenvalue weighted by Gasteiger charge is -2.26. The van der Waals surface area contributed by atoms with E-state index < -0.39 is 52.3 Å². The molecule has 4 atom stereocenters. The molecule has 140 valence electrons. The summed E-state index contributed by atoms with van der Waals surface area (Å²) in [5, 5.41) is 8.83. The standard InChI is InChI=1S/C17H12F3N3O4/c1-15-4-10(24)16(2,27-15)12-11(15)13(25)23(14(12)26)7-3-8(17(18,19)20)9(5-21)22-6-7/h3,6,11-12H,4H2,1-2H3/t11-,12+,15-,16-/m1/s1. The fourth-order valence-electron chi connectivity index (χ4n) is 4.46. The second-order valence-electron chi connectivity index (χ2n) is 7.29. The van der Waals surface area contributed by atoms with E-state index in [2.05, 4.69) is 4.98 Å². The number of alkyl halides is 3. The first kappa shape index (κ1) is 17.6. The average Bonchev–Trinajstić information content (AvgIpc) is 3.07. The van der Waals surface area contributed by atoms with E-state index in [1.807, 2.05) is 0 Å². The van der Waals surface area contributed by atoms with Crippen LogP contribution in [0.3, 0.4) is 0 Å². The predicted octanol–water partition coefficient (Wildman–Crippen LogP) is 1.60. The number of Topliss-reactive ketones (excluding diaryl/α,β-unsaturated/α-hetero) is 1. The molecule has 3 saturated heterocycles. The minimum absolute atomic E-state index is 0.0447. The Morgan fingerprint density at radius 1 is 1.26 bits per heavy atom. The van der Waals surface area contributed by atoms with E-state index in [9.17, 15) is 27.6 Å². The summed E-state index contributed by atoms with van der Waals surface area (Å²) < 4.78 is 45.3. The van der Waals surface area contributed by atoms with Gasteiger partial charge in [0.15, 0.2) is 11.5 Å². The van der Waals surface area contributed by atoms with Gasteiger partial charge in [0.05, 0.1) is 34.9 Å². The van der Waals surface area contributed by atoms with Gasteiger partial charge in [0, 0.05) is 6.42 Å². The highest BCUT2D eigenvalue weighted by Crippen LogP contribution is 2.59. The predicted molar refractivity (Wildman–Crippen MR) is 80.9 cm³/mol. The van der Waals surface area contributed by atoms with Gasteiger partial charge in [-0.1, -0.05) is 0 Å². The molecule has 0 spiro atoms. The minimum Gasteiger partial charge on any atom is -0.359 e. The smallest absolute Gasteiger partial charge is 0.359 e. The Balaban J connectivity index is 1.82. The molecule has 10 heteroatoms. The molecule has 3 aliphatic rings. The van der Waals surface area contributed by atoms with Crippen molar-refractivity contribution >= 4 is 23.3 Å². The third kappa shape index (κ3) is 2.06. The number of aromatic nitrogens is 1. The molecule has 0 unspecified atom stereocenters. The SMILES string of the molecule is C[C@]12CC(=O)[C@@](C)(O1)[C@@H]1C(=O)N(c3cnc(C#N)c(C(F)(F)F)c3)C(=O)[C@@H]12. The van der Waals surface area contributed by atoms with Crippen molar-refractivity contribution in [1.82, 2.24) is 4.98 Å². The van der Waals surface area contributed by atoms with Gasteiger partial charge < -0.3 is 4.74 Å². The highest BCUT2D eigenvalue weighted by molar-refractivity contribution is 6.25. The van der Waals surface area contributed by atoms with Crippen LogP contribution in [-0.2, 0) is 25.3 Å². The van der Waals surface area contributed by atoms with Gasteiger partial charge in [-0.25, -0.2) is 9.88 Å². The molecule has 1 aromatic rings. The van der Waals surface area contributed by atoms with Gasteiger partial charge in [-0.05, 0) is 19.9 Å². The highest BCUT2D eigenvalue weighted by atomic mass is 19.4. The second-order valence-corrected chi connectivity index (χ2v) is 7.29. The topological polar surface area (TPSA) is 100 Å². The molecule has 0 saturated carbocycles. The van der Waals surface area contributed by atoms with E-state index in [1.54, 1.807) is 6.92 Å². The maximum absolute atomic E-state index is 13.2. The number of carbonyl (C=O) groups is 3. The van der Waals surface area contributed by atoms with E-state index >= 15 is 0 Å². The van der Waals surface area contributed by atoms with Crippen LogP contribution in [-0.4, -0.2) is 33.8 Å². The molecule has 0 aliphatic carbocycles. The number of pyridine rings is 1. The summed E-state index contributed by atoms with van der Waals surface area (Å²) in [5.74, 6) is -3.91. The van der Waals surface area contributed by atoms with E-state index in [4.69, 9.17) is 10.00 Å². The van der Waals surface area contributed by atoms with E-state index in [1.165, 1.54) is 13.0 Å². The second kappa shape index (κ2) is 4.92. The molecule has 2 bridgehead atoms. The molecule has 0 aromatic carbocycles. The zero-order chi connectivity index (χ0) is 19.9. The van der Waals surface area contributed by atoms with Crippen LogP contribution in [0.5, 0.6) is 0 Å². The zero-order valence-electron chi connectivity index (χ0n) is 14.1. The summed E-state index contributed by atoms with van der Waals surface area (Å²) in [6, 6.07) is 1.89. The Kier molecular flexibility index (Phi) is 3.21. The molecule has 0 N–H and O–H groups in total. The number of hydrogen-bond donors (Lipinski definition) is 0. The van der Waals surface area contributed by atoms with Gasteiger partial charge in [0.2, 0.25) is 11.8 Å². The number of halogens is 3. The van der Waals surface area contributed by atoms with Crippen molar-refractivity contribution in [3.05, 3.63) is 23.5 Å². The van der Waals surface area contributed by atoms with Crippen molar-refractivity contribution in [1.29, 1.82) is 5.26 Å². The van der Waals surface area contributed by atoms with Gasteiger partial charge in [0.25, 0.3) is 0 Å². The number of anilines is 1. The van der Waals surface area contributed by atoms with Gasteiger partial charge >= 0.3 is 6.18 Å². The fourth-order valence-corrected chi connectivity index (χ4v) is 4.46. The lowest BCUT2D eigenvalue weighted by atomic mass is 9.68. The van der Waals surface area contributed by atoms with Crippen LogP contribution in [0.1, 0.15) is 31.5 Å². The minimum atomic E-state index is -4.88. The maximum atomic E-state index is 13.2. The molecule has 1 aromatic heterocycles. The Morgan fingerprint density at radius 2 is 1.89 bits per heavy atom. The Hall–Kier alpha value is -2.80. The molecule has 4 heterocycles. The first-order valence-corrected chi connectivity index (χ1v) is 8.02. The third-order valence-electron chi connectivity index (χ3n) is 5.61. The number of fused-ring (bicyclic) bond motifs is 5. The number of rotatable bonds is 1. The van der Waals surface area contributed by atoms with Crippen LogP contribution >= 0.6 is 0 Å². The summed E-state index contributed by atoms with van der Waals surface area (Å²) in [7, 11) is 0. The normalized spacial score (nSPS) is 35.0. The summed E-state index contributed by atoms with van der Waals surface area (Å²) in [4.78, 5) is 42.1. The van der Waals surface area contributed by atoms with Crippen LogP contribution < -0.4 is 4.90 Å². The number of ketones is 1. The lowest BCUT2D eigenvalue weighted by molar-refractivity contribution is -0.140. The molecule has 27 heavy (non-hydrogen) atoms. The van der Waals surface area contributed by atoms with Crippen LogP contribution in [0.4, 0.5) is 18.9 Å².